The minimum Gasteiger partial charge on any atom is -0.483 e. The second-order valence-corrected chi connectivity index (χ2v) is 5.55. The predicted octanol–water partition coefficient (Wildman–Crippen LogP) is 3.48. The number of Topliss-reactive ketones (excluding diaryl/α,β-unsaturated/α-hetero) is 1. The molecule has 0 N–H and O–H groups in total. The van der Waals surface area contributed by atoms with Crippen molar-refractivity contribution in [2.24, 2.45) is 0 Å². The number of carbonyl (C=O) groups excluding carboxylic acids is 1. The number of hydrogen-bond acceptors (Lipinski definition) is 3. The molecule has 20 heavy (non-hydrogen) atoms. The average Bonchev–Trinajstić information content (AvgIpc) is 2.89. The summed E-state index contributed by atoms with van der Waals surface area (Å²) in [6.07, 6.45) is 3.70. The number of ketones is 1. The van der Waals surface area contributed by atoms with Crippen molar-refractivity contribution < 1.29 is 9.53 Å². The lowest BCUT2D eigenvalue weighted by molar-refractivity contribution is 0.0838. The van der Waals surface area contributed by atoms with Crippen LogP contribution in [0, 0.1) is 6.92 Å². The normalized spacial score (nSPS) is 18.0. The number of imidazole rings is 1. The molecule has 0 saturated heterocycles. The van der Waals surface area contributed by atoms with Gasteiger partial charge >= 0.3 is 0 Å². The third-order valence-corrected chi connectivity index (χ3v) is 3.66. The largest absolute Gasteiger partial charge is 0.483 e. The molecule has 4 nitrogen and oxygen atoms in total. The number of rotatable bonds is 2. The molecule has 0 aliphatic carbocycles. The Morgan fingerprint density at radius 2 is 2.20 bits per heavy atom. The second-order valence-electron chi connectivity index (χ2n) is 5.55. The van der Waals surface area contributed by atoms with E-state index in [0.717, 1.165) is 11.3 Å². The van der Waals surface area contributed by atoms with Crippen LogP contribution in [0.4, 0.5) is 0 Å². The second kappa shape index (κ2) is 4.78. The molecule has 3 rings (SSSR count). The van der Waals surface area contributed by atoms with Crippen molar-refractivity contribution in [1.29, 1.82) is 0 Å². The van der Waals surface area contributed by atoms with Crippen molar-refractivity contribution >= 4 is 5.78 Å². The Hall–Kier alpha value is -2.10. The zero-order chi connectivity index (χ0) is 14.3. The van der Waals surface area contributed by atoms with Crippen molar-refractivity contribution in [2.45, 2.75) is 39.3 Å². The number of aromatic nitrogens is 2. The Balaban J connectivity index is 1.97. The molecule has 104 valence electrons. The van der Waals surface area contributed by atoms with E-state index in [-0.39, 0.29) is 11.9 Å². The summed E-state index contributed by atoms with van der Waals surface area (Å²) in [6.45, 7) is 6.16. The molecule has 4 heteroatoms. The fourth-order valence-electron chi connectivity index (χ4n) is 2.60. The Morgan fingerprint density at radius 1 is 1.40 bits per heavy atom. The van der Waals surface area contributed by atoms with Crippen LogP contribution in [0.3, 0.4) is 0 Å². The van der Waals surface area contributed by atoms with Crippen LogP contribution in [-0.2, 0) is 0 Å². The standard InChI is InChI=1S/C16H18N2O2/c1-10(2)18-9-17-8-13(18)16-7-14(19)12-6-11(3)4-5-15(12)20-16/h4-6,8-10,16H,7H2,1-3H3. The van der Waals surface area contributed by atoms with Gasteiger partial charge in [0.2, 0.25) is 0 Å². The monoisotopic (exact) mass is 270 g/mol. The van der Waals surface area contributed by atoms with E-state index in [1.165, 1.54) is 0 Å². The summed E-state index contributed by atoms with van der Waals surface area (Å²) in [7, 11) is 0. The lowest BCUT2D eigenvalue weighted by atomic mass is 9.97. The Bertz CT molecular complexity index is 658. The van der Waals surface area contributed by atoms with E-state index in [2.05, 4.69) is 23.4 Å². The van der Waals surface area contributed by atoms with Crippen LogP contribution in [0.2, 0.25) is 0 Å². The van der Waals surface area contributed by atoms with Gasteiger partial charge < -0.3 is 9.30 Å². The fourth-order valence-corrected chi connectivity index (χ4v) is 2.60. The highest BCUT2D eigenvalue weighted by molar-refractivity contribution is 6.00. The quantitative estimate of drug-likeness (QED) is 0.839. The van der Waals surface area contributed by atoms with Crippen LogP contribution in [0.5, 0.6) is 5.75 Å². The highest BCUT2D eigenvalue weighted by Crippen LogP contribution is 2.35. The molecule has 1 aromatic carbocycles. The fraction of sp³-hybridized carbons (Fsp3) is 0.375. The van der Waals surface area contributed by atoms with Gasteiger partial charge in [-0.3, -0.25) is 4.79 Å². The van der Waals surface area contributed by atoms with E-state index in [1.54, 1.807) is 12.5 Å². The summed E-state index contributed by atoms with van der Waals surface area (Å²) in [5.74, 6) is 0.810. The van der Waals surface area contributed by atoms with Crippen LogP contribution >= 0.6 is 0 Å². The van der Waals surface area contributed by atoms with Gasteiger partial charge in [0.25, 0.3) is 0 Å². The van der Waals surface area contributed by atoms with E-state index in [9.17, 15) is 4.79 Å². The number of fused-ring (bicyclic) bond motifs is 1. The summed E-state index contributed by atoms with van der Waals surface area (Å²) >= 11 is 0. The van der Waals surface area contributed by atoms with Gasteiger partial charge in [0.05, 0.1) is 30.2 Å². The Labute approximate surface area is 118 Å². The lowest BCUT2D eigenvalue weighted by Crippen LogP contribution is -2.23. The van der Waals surface area contributed by atoms with Gasteiger partial charge in [-0.2, -0.15) is 0 Å². The summed E-state index contributed by atoms with van der Waals surface area (Å²) < 4.78 is 8.06. The first-order valence-electron chi connectivity index (χ1n) is 6.88. The van der Waals surface area contributed by atoms with Gasteiger partial charge in [0.15, 0.2) is 5.78 Å². The molecule has 0 saturated carbocycles. The van der Waals surface area contributed by atoms with Gasteiger partial charge in [-0.1, -0.05) is 11.6 Å². The molecule has 1 unspecified atom stereocenters. The average molecular weight is 270 g/mol. The first kappa shape index (κ1) is 12.9. The summed E-state index contributed by atoms with van der Waals surface area (Å²) in [4.78, 5) is 16.5. The molecule has 2 heterocycles. The first-order valence-corrected chi connectivity index (χ1v) is 6.88. The third kappa shape index (κ3) is 2.11. The minimum absolute atomic E-state index is 0.136. The van der Waals surface area contributed by atoms with Crippen molar-refractivity contribution in [1.82, 2.24) is 9.55 Å². The number of carbonyl (C=O) groups is 1. The molecule has 1 aliphatic heterocycles. The highest BCUT2D eigenvalue weighted by atomic mass is 16.5. The third-order valence-electron chi connectivity index (χ3n) is 3.66. The number of hydrogen-bond donors (Lipinski definition) is 0. The number of aryl methyl sites for hydroxylation is 1. The zero-order valence-electron chi connectivity index (χ0n) is 12.0. The molecule has 0 spiro atoms. The predicted molar refractivity (Wildman–Crippen MR) is 76.1 cm³/mol. The SMILES string of the molecule is Cc1ccc2c(c1)C(=O)CC(c1cncn1C(C)C)O2. The van der Waals surface area contributed by atoms with Crippen LogP contribution in [0.1, 0.15) is 54.0 Å². The molecular formula is C16H18N2O2. The van der Waals surface area contributed by atoms with Crippen molar-refractivity contribution in [3.63, 3.8) is 0 Å². The number of benzene rings is 1. The van der Waals surface area contributed by atoms with Gasteiger partial charge in [-0.15, -0.1) is 0 Å². The molecule has 2 aromatic rings. The Morgan fingerprint density at radius 3 is 2.95 bits per heavy atom. The molecule has 0 bridgehead atoms. The Kier molecular flexibility index (Phi) is 3.08. The van der Waals surface area contributed by atoms with Gasteiger partial charge in [-0.05, 0) is 32.9 Å². The molecule has 0 fully saturated rings. The first-order chi connectivity index (χ1) is 9.56. The molecule has 0 amide bonds. The van der Waals surface area contributed by atoms with Gasteiger partial charge in [0, 0.05) is 6.04 Å². The van der Waals surface area contributed by atoms with Gasteiger partial charge in [0.1, 0.15) is 11.9 Å². The maximum atomic E-state index is 12.3. The van der Waals surface area contributed by atoms with Crippen LogP contribution < -0.4 is 4.74 Å². The van der Waals surface area contributed by atoms with E-state index in [1.807, 2.05) is 25.1 Å². The zero-order valence-corrected chi connectivity index (χ0v) is 12.0. The smallest absolute Gasteiger partial charge is 0.170 e. The van der Waals surface area contributed by atoms with E-state index in [4.69, 9.17) is 4.74 Å². The highest BCUT2D eigenvalue weighted by Gasteiger charge is 2.29. The minimum atomic E-state index is -0.248. The molecule has 1 aromatic heterocycles. The lowest BCUT2D eigenvalue weighted by Gasteiger charge is -2.27. The van der Waals surface area contributed by atoms with E-state index < -0.39 is 0 Å². The van der Waals surface area contributed by atoms with Crippen LogP contribution in [-0.4, -0.2) is 15.3 Å². The molecule has 0 radical (unpaired) electrons. The summed E-state index contributed by atoms with van der Waals surface area (Å²) in [5, 5.41) is 0. The van der Waals surface area contributed by atoms with Crippen molar-refractivity contribution in [3.05, 3.63) is 47.5 Å². The maximum absolute atomic E-state index is 12.3. The molecule has 1 aliphatic rings. The summed E-state index contributed by atoms with van der Waals surface area (Å²) in [6, 6.07) is 6.04. The van der Waals surface area contributed by atoms with E-state index >= 15 is 0 Å². The summed E-state index contributed by atoms with van der Waals surface area (Å²) in [5.41, 5.74) is 2.72. The molecular weight excluding hydrogens is 252 g/mol. The topological polar surface area (TPSA) is 44.1 Å². The number of ether oxygens (including phenoxy) is 1. The maximum Gasteiger partial charge on any atom is 0.170 e. The van der Waals surface area contributed by atoms with E-state index in [0.29, 0.717) is 23.8 Å². The van der Waals surface area contributed by atoms with Crippen molar-refractivity contribution in [2.75, 3.05) is 0 Å². The van der Waals surface area contributed by atoms with Crippen LogP contribution in [0.25, 0.3) is 0 Å². The molecule has 1 atom stereocenters. The van der Waals surface area contributed by atoms with Crippen LogP contribution in [0.15, 0.2) is 30.7 Å². The van der Waals surface area contributed by atoms with Gasteiger partial charge in [-0.25, -0.2) is 4.98 Å². The van der Waals surface area contributed by atoms with Crippen molar-refractivity contribution in [3.8, 4) is 5.75 Å². The number of nitrogens with zero attached hydrogens (tertiary/aromatic N) is 2.